The maximum atomic E-state index is 13.2. The molecule has 1 N–H and O–H groups in total. The molecular formula is C27H24N6O3. The van der Waals surface area contributed by atoms with E-state index in [1.54, 1.807) is 36.3 Å². The SMILES string of the molecule is COc1ccc(N2CC(C(=O)Nc3c(C#N)cnn3-c3cc(C)c4cccc(C)c4n3)CC2=O)cc1. The molecule has 1 atom stereocenters. The van der Waals surface area contributed by atoms with E-state index in [1.165, 1.54) is 10.9 Å². The first-order valence-corrected chi connectivity index (χ1v) is 11.5. The number of pyridine rings is 1. The molecule has 3 heterocycles. The summed E-state index contributed by atoms with van der Waals surface area (Å²) in [6.45, 7) is 4.20. The lowest BCUT2D eigenvalue weighted by atomic mass is 10.1. The second kappa shape index (κ2) is 9.15. The van der Waals surface area contributed by atoms with E-state index < -0.39 is 5.92 Å². The van der Waals surface area contributed by atoms with Crippen molar-refractivity contribution in [1.82, 2.24) is 14.8 Å². The highest BCUT2D eigenvalue weighted by Gasteiger charge is 2.36. The van der Waals surface area contributed by atoms with E-state index >= 15 is 0 Å². The molecule has 1 unspecified atom stereocenters. The molecule has 2 aromatic carbocycles. The number of para-hydroxylation sites is 1. The minimum Gasteiger partial charge on any atom is -0.497 e. The first kappa shape index (κ1) is 23.1. The van der Waals surface area contributed by atoms with Gasteiger partial charge in [-0.25, -0.2) is 4.98 Å². The van der Waals surface area contributed by atoms with Gasteiger partial charge in [-0.3, -0.25) is 9.59 Å². The monoisotopic (exact) mass is 480 g/mol. The number of fused-ring (bicyclic) bond motifs is 1. The highest BCUT2D eigenvalue weighted by atomic mass is 16.5. The van der Waals surface area contributed by atoms with E-state index in [1.807, 2.05) is 38.1 Å². The Morgan fingerprint density at radius 1 is 1.17 bits per heavy atom. The largest absolute Gasteiger partial charge is 0.497 e. The molecule has 0 aliphatic carbocycles. The minimum atomic E-state index is -0.581. The van der Waals surface area contributed by atoms with Gasteiger partial charge < -0.3 is 15.0 Å². The van der Waals surface area contributed by atoms with Crippen LogP contribution < -0.4 is 15.0 Å². The summed E-state index contributed by atoms with van der Waals surface area (Å²) in [5, 5.41) is 17.9. The van der Waals surface area contributed by atoms with Gasteiger partial charge in [0.15, 0.2) is 11.6 Å². The maximum Gasteiger partial charge on any atom is 0.231 e. The predicted octanol–water partition coefficient (Wildman–Crippen LogP) is 3.91. The summed E-state index contributed by atoms with van der Waals surface area (Å²) in [6, 6.07) is 17.0. The number of anilines is 2. The van der Waals surface area contributed by atoms with Gasteiger partial charge in [0.05, 0.1) is 24.7 Å². The van der Waals surface area contributed by atoms with Gasteiger partial charge in [0.2, 0.25) is 11.8 Å². The second-order valence-electron chi connectivity index (χ2n) is 8.79. The Labute approximate surface area is 207 Å². The number of amides is 2. The molecule has 0 spiro atoms. The molecule has 0 radical (unpaired) electrons. The summed E-state index contributed by atoms with van der Waals surface area (Å²) in [5.74, 6) is 0.335. The Kier molecular flexibility index (Phi) is 5.86. The standard InChI is InChI=1S/C27H24N6O3/c1-16-5-4-6-22-17(2)11-23(30-25(16)22)33-26(19(13-28)14-29-33)31-27(35)18-12-24(34)32(15-18)20-7-9-21(36-3)10-8-20/h4-11,14,18H,12,15H2,1-3H3,(H,31,35). The molecule has 2 aromatic heterocycles. The minimum absolute atomic E-state index is 0.0699. The summed E-state index contributed by atoms with van der Waals surface area (Å²) < 4.78 is 6.64. The smallest absolute Gasteiger partial charge is 0.231 e. The lowest BCUT2D eigenvalue weighted by molar-refractivity contribution is -0.122. The number of aromatic nitrogens is 3. The molecule has 4 aromatic rings. The van der Waals surface area contributed by atoms with Crippen LogP contribution in [0.5, 0.6) is 5.75 Å². The van der Waals surface area contributed by atoms with Gasteiger partial charge in [0, 0.05) is 24.0 Å². The number of methoxy groups -OCH3 is 1. The van der Waals surface area contributed by atoms with E-state index in [0.29, 0.717) is 17.3 Å². The summed E-state index contributed by atoms with van der Waals surface area (Å²) in [4.78, 5) is 32.3. The number of nitrogens with zero attached hydrogens (tertiary/aromatic N) is 5. The fraction of sp³-hybridized carbons (Fsp3) is 0.222. The summed E-state index contributed by atoms with van der Waals surface area (Å²) in [7, 11) is 1.58. The van der Waals surface area contributed by atoms with E-state index in [0.717, 1.165) is 22.0 Å². The van der Waals surface area contributed by atoms with E-state index in [4.69, 9.17) is 9.72 Å². The van der Waals surface area contributed by atoms with Crippen molar-refractivity contribution in [2.45, 2.75) is 20.3 Å². The molecule has 180 valence electrons. The molecule has 1 fully saturated rings. The number of hydrogen-bond acceptors (Lipinski definition) is 6. The van der Waals surface area contributed by atoms with Crippen molar-refractivity contribution >= 4 is 34.2 Å². The predicted molar refractivity (Wildman–Crippen MR) is 135 cm³/mol. The fourth-order valence-corrected chi connectivity index (χ4v) is 4.49. The van der Waals surface area contributed by atoms with Crippen LogP contribution in [0.1, 0.15) is 23.1 Å². The number of carbonyl (C=O) groups is 2. The van der Waals surface area contributed by atoms with Crippen molar-refractivity contribution in [3.63, 3.8) is 0 Å². The van der Waals surface area contributed by atoms with Crippen molar-refractivity contribution < 1.29 is 14.3 Å². The molecule has 36 heavy (non-hydrogen) atoms. The van der Waals surface area contributed by atoms with Gasteiger partial charge in [0.25, 0.3) is 0 Å². The molecule has 0 bridgehead atoms. The van der Waals surface area contributed by atoms with Gasteiger partial charge in [0.1, 0.15) is 17.4 Å². The number of nitriles is 1. The number of benzene rings is 2. The third-order valence-electron chi connectivity index (χ3n) is 6.46. The Bertz CT molecular complexity index is 1530. The van der Waals surface area contributed by atoms with E-state index in [-0.39, 0.29) is 36.2 Å². The molecule has 1 aliphatic heterocycles. The zero-order chi connectivity index (χ0) is 25.4. The highest BCUT2D eigenvalue weighted by Crippen LogP contribution is 2.29. The third-order valence-corrected chi connectivity index (χ3v) is 6.46. The fourth-order valence-electron chi connectivity index (χ4n) is 4.49. The topological polar surface area (TPSA) is 113 Å². The van der Waals surface area contributed by atoms with Crippen LogP contribution in [-0.4, -0.2) is 40.2 Å². The van der Waals surface area contributed by atoms with Crippen LogP contribution in [0.4, 0.5) is 11.5 Å². The van der Waals surface area contributed by atoms with Crippen LogP contribution in [0.25, 0.3) is 16.7 Å². The van der Waals surface area contributed by atoms with E-state index in [2.05, 4.69) is 16.5 Å². The maximum absolute atomic E-state index is 13.2. The molecular weight excluding hydrogens is 456 g/mol. The van der Waals surface area contributed by atoms with Crippen LogP contribution in [-0.2, 0) is 9.59 Å². The van der Waals surface area contributed by atoms with Gasteiger partial charge >= 0.3 is 0 Å². The van der Waals surface area contributed by atoms with Crippen molar-refractivity contribution in [2.24, 2.45) is 5.92 Å². The van der Waals surface area contributed by atoms with Gasteiger partial charge in [-0.15, -0.1) is 0 Å². The van der Waals surface area contributed by atoms with Crippen molar-refractivity contribution in [3.8, 4) is 17.6 Å². The number of hydrogen-bond donors (Lipinski definition) is 1. The first-order chi connectivity index (χ1) is 17.4. The van der Waals surface area contributed by atoms with Crippen molar-refractivity contribution in [3.05, 3.63) is 71.4 Å². The van der Waals surface area contributed by atoms with Crippen molar-refractivity contribution in [1.29, 1.82) is 5.26 Å². The van der Waals surface area contributed by atoms with Crippen LogP contribution in [0.2, 0.25) is 0 Å². The quantitative estimate of drug-likeness (QED) is 0.463. The summed E-state index contributed by atoms with van der Waals surface area (Å²) in [5.41, 5.74) is 3.75. The number of nitrogens with one attached hydrogen (secondary N) is 1. The van der Waals surface area contributed by atoms with Crippen LogP contribution in [0, 0.1) is 31.1 Å². The average Bonchev–Trinajstić information content (AvgIpc) is 3.48. The Balaban J connectivity index is 1.43. The number of aryl methyl sites for hydroxylation is 2. The van der Waals surface area contributed by atoms with Crippen LogP contribution in [0.3, 0.4) is 0 Å². The number of rotatable bonds is 5. The number of carbonyl (C=O) groups excluding carboxylic acids is 2. The molecule has 0 saturated carbocycles. The van der Waals surface area contributed by atoms with Crippen molar-refractivity contribution in [2.75, 3.05) is 23.9 Å². The normalized spacial score (nSPS) is 15.2. The Morgan fingerprint density at radius 3 is 2.67 bits per heavy atom. The highest BCUT2D eigenvalue weighted by molar-refractivity contribution is 6.03. The zero-order valence-corrected chi connectivity index (χ0v) is 20.1. The molecule has 1 saturated heterocycles. The molecule has 9 nitrogen and oxygen atoms in total. The van der Waals surface area contributed by atoms with Crippen LogP contribution in [0.15, 0.2) is 54.7 Å². The lowest BCUT2D eigenvalue weighted by Gasteiger charge is -2.17. The van der Waals surface area contributed by atoms with Gasteiger partial charge in [-0.2, -0.15) is 15.0 Å². The Hall–Kier alpha value is -4.71. The third kappa shape index (κ3) is 4.03. The molecule has 5 rings (SSSR count). The second-order valence-corrected chi connectivity index (χ2v) is 8.79. The Morgan fingerprint density at radius 2 is 1.94 bits per heavy atom. The summed E-state index contributed by atoms with van der Waals surface area (Å²) >= 11 is 0. The van der Waals surface area contributed by atoms with E-state index in [9.17, 15) is 14.9 Å². The van der Waals surface area contributed by atoms with Gasteiger partial charge in [-0.05, 0) is 55.3 Å². The van der Waals surface area contributed by atoms with Crippen LogP contribution >= 0.6 is 0 Å². The first-order valence-electron chi connectivity index (χ1n) is 11.5. The van der Waals surface area contributed by atoms with Gasteiger partial charge in [-0.1, -0.05) is 18.2 Å². The molecule has 2 amide bonds. The molecule has 1 aliphatic rings. The molecule has 9 heteroatoms. The summed E-state index contributed by atoms with van der Waals surface area (Å²) in [6.07, 6.45) is 1.47. The zero-order valence-electron chi connectivity index (χ0n) is 20.1. The average molecular weight is 481 g/mol. The lowest BCUT2D eigenvalue weighted by Crippen LogP contribution is -2.28. The number of ether oxygens (including phenoxy) is 1.